The van der Waals surface area contributed by atoms with E-state index >= 15 is 0 Å². The van der Waals surface area contributed by atoms with Gasteiger partial charge in [-0.25, -0.2) is 4.79 Å². The highest BCUT2D eigenvalue weighted by molar-refractivity contribution is 5.95. The van der Waals surface area contributed by atoms with Gasteiger partial charge in [-0.05, 0) is 32.0 Å². The molecule has 0 heterocycles. The van der Waals surface area contributed by atoms with Crippen LogP contribution in [-0.2, 0) is 9.53 Å². The number of esters is 1. The highest BCUT2D eigenvalue weighted by Crippen LogP contribution is 2.13. The molecule has 0 aliphatic rings. The Balaban J connectivity index is 0.00000361. The van der Waals surface area contributed by atoms with Crippen molar-refractivity contribution < 1.29 is 14.3 Å². The normalized spacial score (nSPS) is 12.8. The molecule has 2 unspecified atom stereocenters. The Morgan fingerprint density at radius 2 is 2.00 bits per heavy atom. The Morgan fingerprint density at radius 1 is 1.35 bits per heavy atom. The van der Waals surface area contributed by atoms with Crippen LogP contribution in [0.15, 0.2) is 24.3 Å². The predicted molar refractivity (Wildman–Crippen MR) is 81.1 cm³/mol. The van der Waals surface area contributed by atoms with E-state index in [9.17, 15) is 9.59 Å². The van der Waals surface area contributed by atoms with Crippen molar-refractivity contribution >= 4 is 30.0 Å². The summed E-state index contributed by atoms with van der Waals surface area (Å²) in [4.78, 5) is 23.4. The van der Waals surface area contributed by atoms with Crippen LogP contribution in [0.25, 0.3) is 0 Å². The van der Waals surface area contributed by atoms with Gasteiger partial charge in [-0.15, -0.1) is 12.4 Å². The monoisotopic (exact) mass is 300 g/mol. The number of rotatable bonds is 5. The zero-order chi connectivity index (χ0) is 14.4. The van der Waals surface area contributed by atoms with Crippen molar-refractivity contribution in [3.05, 3.63) is 29.8 Å². The molecule has 112 valence electrons. The van der Waals surface area contributed by atoms with Gasteiger partial charge in [0, 0.05) is 11.7 Å². The molecular formula is C14H21ClN2O3. The van der Waals surface area contributed by atoms with Crippen molar-refractivity contribution in [2.24, 2.45) is 11.7 Å². The number of hydrogen-bond donors (Lipinski definition) is 2. The summed E-state index contributed by atoms with van der Waals surface area (Å²) in [6.45, 7) is 5.60. The van der Waals surface area contributed by atoms with Crippen LogP contribution in [0.5, 0.6) is 0 Å². The number of carbonyl (C=O) groups is 2. The largest absolute Gasteiger partial charge is 0.462 e. The summed E-state index contributed by atoms with van der Waals surface area (Å²) >= 11 is 0. The average Bonchev–Trinajstić information content (AvgIpc) is 2.38. The van der Waals surface area contributed by atoms with Crippen molar-refractivity contribution in [3.8, 4) is 0 Å². The quantitative estimate of drug-likeness (QED) is 0.817. The summed E-state index contributed by atoms with van der Waals surface area (Å²) in [5, 5.41) is 2.73. The number of nitrogens with one attached hydrogen (secondary N) is 1. The molecular weight excluding hydrogens is 280 g/mol. The molecule has 2 atom stereocenters. The van der Waals surface area contributed by atoms with E-state index in [1.807, 2.05) is 0 Å². The van der Waals surface area contributed by atoms with E-state index in [1.54, 1.807) is 45.0 Å². The third-order valence-corrected chi connectivity index (χ3v) is 2.84. The van der Waals surface area contributed by atoms with Crippen LogP contribution in [-0.4, -0.2) is 24.5 Å². The van der Waals surface area contributed by atoms with Gasteiger partial charge in [-0.2, -0.15) is 0 Å². The molecule has 1 aromatic carbocycles. The van der Waals surface area contributed by atoms with E-state index in [0.29, 0.717) is 17.9 Å². The van der Waals surface area contributed by atoms with Gasteiger partial charge in [0.2, 0.25) is 5.91 Å². The Hall–Kier alpha value is -1.59. The molecule has 0 aromatic heterocycles. The van der Waals surface area contributed by atoms with Crippen molar-refractivity contribution in [2.45, 2.75) is 26.8 Å². The van der Waals surface area contributed by atoms with E-state index in [1.165, 1.54) is 0 Å². The first-order chi connectivity index (χ1) is 8.95. The minimum atomic E-state index is -0.404. The van der Waals surface area contributed by atoms with E-state index < -0.39 is 5.97 Å². The van der Waals surface area contributed by atoms with Crippen LogP contribution in [0.1, 0.15) is 31.1 Å². The standard InChI is InChI=1S/C14H20N2O3.ClH/c1-4-19-14(18)11-6-5-7-12(8-11)16-13(17)9(2)10(3)15;/h5-10H,4,15H2,1-3H3,(H,16,17);1H. The summed E-state index contributed by atoms with van der Waals surface area (Å²) in [6, 6.07) is 6.41. The molecule has 1 amide bonds. The molecule has 0 saturated heterocycles. The lowest BCUT2D eigenvalue weighted by atomic mass is 10.0. The number of halogens is 1. The smallest absolute Gasteiger partial charge is 0.338 e. The average molecular weight is 301 g/mol. The molecule has 5 nitrogen and oxygen atoms in total. The number of anilines is 1. The van der Waals surface area contributed by atoms with Crippen molar-refractivity contribution in [2.75, 3.05) is 11.9 Å². The summed E-state index contributed by atoms with van der Waals surface area (Å²) in [5.41, 5.74) is 6.64. The van der Waals surface area contributed by atoms with Gasteiger partial charge in [0.1, 0.15) is 0 Å². The molecule has 3 N–H and O–H groups in total. The van der Waals surface area contributed by atoms with Crippen LogP contribution in [0, 0.1) is 5.92 Å². The molecule has 0 aliphatic heterocycles. The topological polar surface area (TPSA) is 81.4 Å². The Labute approximate surface area is 125 Å². The first-order valence-electron chi connectivity index (χ1n) is 6.29. The first kappa shape index (κ1) is 18.4. The zero-order valence-corrected chi connectivity index (χ0v) is 12.7. The third kappa shape index (κ3) is 5.19. The predicted octanol–water partition coefficient (Wildman–Crippen LogP) is 2.21. The Morgan fingerprint density at radius 3 is 2.55 bits per heavy atom. The zero-order valence-electron chi connectivity index (χ0n) is 11.9. The lowest BCUT2D eigenvalue weighted by Gasteiger charge is -2.15. The lowest BCUT2D eigenvalue weighted by molar-refractivity contribution is -0.119. The van der Waals surface area contributed by atoms with E-state index in [-0.39, 0.29) is 30.3 Å². The minimum absolute atomic E-state index is 0. The number of amides is 1. The van der Waals surface area contributed by atoms with Gasteiger partial charge in [-0.3, -0.25) is 4.79 Å². The van der Waals surface area contributed by atoms with Gasteiger partial charge in [0.15, 0.2) is 0 Å². The van der Waals surface area contributed by atoms with Gasteiger partial charge >= 0.3 is 5.97 Å². The van der Waals surface area contributed by atoms with Crippen LogP contribution >= 0.6 is 12.4 Å². The molecule has 0 spiro atoms. The summed E-state index contributed by atoms with van der Waals surface area (Å²) in [7, 11) is 0. The maximum atomic E-state index is 11.9. The molecule has 0 radical (unpaired) electrons. The second kappa shape index (κ2) is 8.55. The number of ether oxygens (including phenoxy) is 1. The fourth-order valence-corrected chi connectivity index (χ4v) is 1.43. The maximum Gasteiger partial charge on any atom is 0.338 e. The van der Waals surface area contributed by atoms with E-state index in [0.717, 1.165) is 0 Å². The van der Waals surface area contributed by atoms with Gasteiger partial charge in [0.05, 0.1) is 18.1 Å². The fraction of sp³-hybridized carbons (Fsp3) is 0.429. The summed E-state index contributed by atoms with van der Waals surface area (Å²) in [5.74, 6) is -0.874. The number of hydrogen-bond acceptors (Lipinski definition) is 4. The second-order valence-corrected chi connectivity index (χ2v) is 4.44. The van der Waals surface area contributed by atoms with Crippen molar-refractivity contribution in [3.63, 3.8) is 0 Å². The van der Waals surface area contributed by atoms with Gasteiger partial charge < -0.3 is 15.8 Å². The first-order valence-corrected chi connectivity index (χ1v) is 6.29. The molecule has 1 rings (SSSR count). The molecule has 6 heteroatoms. The van der Waals surface area contributed by atoms with Crippen LogP contribution in [0.2, 0.25) is 0 Å². The molecule has 0 aliphatic carbocycles. The molecule has 20 heavy (non-hydrogen) atoms. The van der Waals surface area contributed by atoms with Crippen LogP contribution < -0.4 is 11.1 Å². The van der Waals surface area contributed by atoms with Crippen molar-refractivity contribution in [1.82, 2.24) is 0 Å². The second-order valence-electron chi connectivity index (χ2n) is 4.44. The van der Waals surface area contributed by atoms with E-state index in [4.69, 9.17) is 10.5 Å². The molecule has 0 saturated carbocycles. The maximum absolute atomic E-state index is 11.9. The number of carbonyl (C=O) groups excluding carboxylic acids is 2. The Kier molecular flexibility index (Phi) is 7.87. The van der Waals surface area contributed by atoms with Crippen molar-refractivity contribution in [1.29, 1.82) is 0 Å². The number of nitrogens with two attached hydrogens (primary N) is 1. The summed E-state index contributed by atoms with van der Waals surface area (Å²) < 4.78 is 4.90. The number of benzene rings is 1. The SMILES string of the molecule is CCOC(=O)c1cccc(NC(=O)C(C)C(C)N)c1.Cl. The lowest BCUT2D eigenvalue weighted by Crippen LogP contribution is -2.34. The highest BCUT2D eigenvalue weighted by atomic mass is 35.5. The molecule has 0 fully saturated rings. The fourth-order valence-electron chi connectivity index (χ4n) is 1.43. The van der Waals surface area contributed by atoms with E-state index in [2.05, 4.69) is 5.32 Å². The minimum Gasteiger partial charge on any atom is -0.462 e. The third-order valence-electron chi connectivity index (χ3n) is 2.84. The molecule has 1 aromatic rings. The van der Waals surface area contributed by atoms with Crippen LogP contribution in [0.4, 0.5) is 5.69 Å². The summed E-state index contributed by atoms with van der Waals surface area (Å²) in [6.07, 6.45) is 0. The molecule has 0 bridgehead atoms. The van der Waals surface area contributed by atoms with Gasteiger partial charge in [-0.1, -0.05) is 13.0 Å². The van der Waals surface area contributed by atoms with Crippen LogP contribution in [0.3, 0.4) is 0 Å². The van der Waals surface area contributed by atoms with Gasteiger partial charge in [0.25, 0.3) is 0 Å². The highest BCUT2D eigenvalue weighted by Gasteiger charge is 2.17. The Bertz CT molecular complexity index is 463.